The molecule has 0 heterocycles. The van der Waals surface area contributed by atoms with E-state index in [1.807, 2.05) is 0 Å². The van der Waals surface area contributed by atoms with Crippen LogP contribution in [-0.2, 0) is 10.7 Å². The summed E-state index contributed by atoms with van der Waals surface area (Å²) in [6.45, 7) is 2.68. The Morgan fingerprint density at radius 1 is 0.875 bits per heavy atom. The van der Waals surface area contributed by atoms with Gasteiger partial charge < -0.3 is 9.05 Å². The maximum atomic E-state index is 13.4. The Hall–Kier alpha value is -3.78. The maximum absolute atomic E-state index is 13.4. The number of non-ortho nitro benzene ring substituents is 1. The van der Waals surface area contributed by atoms with Gasteiger partial charge in [-0.1, -0.05) is 6.07 Å². The number of phosphoric acid groups is 1. The Morgan fingerprint density at radius 3 is 1.84 bits per heavy atom. The van der Waals surface area contributed by atoms with Crippen LogP contribution in [-0.4, -0.2) is 19.7 Å². The highest BCUT2D eigenvalue weighted by Gasteiger charge is 2.44. The quantitative estimate of drug-likeness (QED) is 0.333. The van der Waals surface area contributed by atoms with Crippen molar-refractivity contribution in [1.82, 2.24) is 0 Å². The number of hydrogen-bond donors (Lipinski definition) is 1. The molecule has 1 atom stereocenters. The molecule has 0 aliphatic heterocycles. The van der Waals surface area contributed by atoms with Crippen molar-refractivity contribution in [2.45, 2.75) is 20.0 Å². The molecule has 0 fully saturated rings. The molecule has 0 aromatic heterocycles. The molecule has 2 aromatic carbocycles. The maximum Gasteiger partial charge on any atom is 0.585 e. The molecule has 0 aliphatic carbocycles. The van der Waals surface area contributed by atoms with Crippen molar-refractivity contribution in [1.29, 1.82) is 0 Å². The number of alkyl halides is 3. The van der Waals surface area contributed by atoms with E-state index in [1.54, 1.807) is 0 Å². The Morgan fingerprint density at radius 2 is 1.38 bits per heavy atom. The number of benzene rings is 2. The van der Waals surface area contributed by atoms with Crippen LogP contribution in [0.15, 0.2) is 24.3 Å². The smallest absolute Gasteiger partial charge is 0.388 e. The van der Waals surface area contributed by atoms with Crippen LogP contribution in [0.1, 0.15) is 16.7 Å². The summed E-state index contributed by atoms with van der Waals surface area (Å²) in [5.74, 6) is -2.67. The highest BCUT2D eigenvalue weighted by molar-refractivity contribution is 7.48. The molecule has 17 heteroatoms. The molecule has 0 saturated carbocycles. The van der Waals surface area contributed by atoms with E-state index in [1.165, 1.54) is 19.9 Å². The largest absolute Gasteiger partial charge is 0.585 e. The van der Waals surface area contributed by atoms with E-state index in [0.717, 1.165) is 6.07 Å². The summed E-state index contributed by atoms with van der Waals surface area (Å²) in [5.41, 5.74) is -5.64. The van der Waals surface area contributed by atoms with Crippen molar-refractivity contribution < 1.29 is 46.4 Å². The van der Waals surface area contributed by atoms with E-state index in [4.69, 9.17) is 0 Å². The Bertz CT molecular complexity index is 1180. The number of nitro benzene ring substituents is 3. The summed E-state index contributed by atoms with van der Waals surface area (Å²) < 4.78 is 61.4. The molecule has 0 aliphatic rings. The van der Waals surface area contributed by atoms with Crippen LogP contribution < -0.4 is 9.05 Å². The summed E-state index contributed by atoms with van der Waals surface area (Å²) >= 11 is 0. The van der Waals surface area contributed by atoms with Crippen molar-refractivity contribution in [3.63, 3.8) is 0 Å². The fourth-order valence-corrected chi connectivity index (χ4v) is 3.51. The zero-order chi connectivity index (χ0) is 24.6. The normalized spacial score (nSPS) is 13.2. The predicted octanol–water partition coefficient (Wildman–Crippen LogP) is 4.61. The molecule has 2 rings (SSSR count). The van der Waals surface area contributed by atoms with Gasteiger partial charge in [0, 0.05) is 12.1 Å². The molecular weight excluding hydrogens is 470 g/mol. The number of nitro groups is 3. The second-order valence-electron chi connectivity index (χ2n) is 6.19. The third kappa shape index (κ3) is 5.28. The average Bonchev–Trinajstić information content (AvgIpc) is 2.61. The molecule has 1 N–H and O–H groups in total. The highest BCUT2D eigenvalue weighted by Crippen LogP contribution is 2.53. The number of rotatable bonds is 7. The molecular formula is C15H11F3N3O10P. The van der Waals surface area contributed by atoms with Crippen LogP contribution in [0.25, 0.3) is 0 Å². The zero-order valence-corrected chi connectivity index (χ0v) is 16.7. The first-order valence-electron chi connectivity index (χ1n) is 8.05. The molecule has 32 heavy (non-hydrogen) atoms. The summed E-state index contributed by atoms with van der Waals surface area (Å²) in [6.07, 6.45) is -5.49. The van der Waals surface area contributed by atoms with Gasteiger partial charge in [-0.2, -0.15) is 13.2 Å². The molecule has 2 aromatic rings. The first-order valence-corrected chi connectivity index (χ1v) is 9.54. The van der Waals surface area contributed by atoms with Gasteiger partial charge in [0.2, 0.25) is 11.5 Å². The third-order valence-electron chi connectivity index (χ3n) is 3.78. The van der Waals surface area contributed by atoms with Crippen molar-refractivity contribution >= 4 is 24.9 Å². The summed E-state index contributed by atoms with van der Waals surface area (Å²) in [5, 5.41) is 33.2. The van der Waals surface area contributed by atoms with E-state index < -0.39 is 62.9 Å². The Labute approximate surface area is 175 Å². The number of hydrogen-bond acceptors (Lipinski definition) is 9. The summed E-state index contributed by atoms with van der Waals surface area (Å²) in [4.78, 5) is 39.4. The molecule has 0 radical (unpaired) electrons. The lowest BCUT2D eigenvalue weighted by Crippen LogP contribution is -2.12. The van der Waals surface area contributed by atoms with Crippen LogP contribution >= 0.6 is 7.82 Å². The molecule has 13 nitrogen and oxygen atoms in total. The zero-order valence-electron chi connectivity index (χ0n) is 15.9. The van der Waals surface area contributed by atoms with Gasteiger partial charge in [0.1, 0.15) is 5.56 Å². The van der Waals surface area contributed by atoms with Crippen molar-refractivity contribution in [3.05, 3.63) is 71.3 Å². The summed E-state index contributed by atoms with van der Waals surface area (Å²) in [6, 6.07) is 2.18. The van der Waals surface area contributed by atoms with Crippen LogP contribution in [0.2, 0.25) is 0 Å². The first kappa shape index (κ1) is 24.5. The van der Waals surface area contributed by atoms with Crippen LogP contribution in [0.4, 0.5) is 30.2 Å². The molecule has 0 amide bonds. The van der Waals surface area contributed by atoms with E-state index in [2.05, 4.69) is 9.05 Å². The van der Waals surface area contributed by atoms with E-state index >= 15 is 0 Å². The van der Waals surface area contributed by atoms with Crippen LogP contribution in [0, 0.1) is 44.2 Å². The van der Waals surface area contributed by atoms with Crippen LogP contribution in [0.5, 0.6) is 11.5 Å². The fraction of sp³-hybridized carbons (Fsp3) is 0.200. The standard InChI is InChI=1S/C15H11F3N3O10P/c1-7-3-8(2)13(11(4-7)20(24)25)30-32(28,29)31-14-10(15(16,17)18)5-9(19(22)23)6-12(14)21(26)27/h3-6H,1-2H3,(H,28,29). The summed E-state index contributed by atoms with van der Waals surface area (Å²) in [7, 11) is -5.73. The van der Waals surface area contributed by atoms with Gasteiger partial charge in [0.25, 0.3) is 5.69 Å². The molecule has 0 spiro atoms. The number of phosphoric ester groups is 1. The van der Waals surface area contributed by atoms with E-state index in [0.29, 0.717) is 5.56 Å². The van der Waals surface area contributed by atoms with Crippen molar-refractivity contribution in [2.24, 2.45) is 0 Å². The van der Waals surface area contributed by atoms with Gasteiger partial charge in [-0.3, -0.25) is 35.2 Å². The number of aryl methyl sites for hydroxylation is 2. The van der Waals surface area contributed by atoms with Gasteiger partial charge >= 0.3 is 25.4 Å². The van der Waals surface area contributed by atoms with Gasteiger partial charge in [0.15, 0.2) is 0 Å². The second-order valence-corrected chi connectivity index (χ2v) is 7.49. The van der Waals surface area contributed by atoms with Gasteiger partial charge in [-0.15, -0.1) is 0 Å². The lowest BCUT2D eigenvalue weighted by Gasteiger charge is -2.18. The Kier molecular flexibility index (Phi) is 6.42. The van der Waals surface area contributed by atoms with E-state index in [-0.39, 0.29) is 17.7 Å². The molecule has 1 unspecified atom stereocenters. The predicted molar refractivity (Wildman–Crippen MR) is 98.4 cm³/mol. The van der Waals surface area contributed by atoms with Crippen LogP contribution in [0.3, 0.4) is 0 Å². The lowest BCUT2D eigenvalue weighted by molar-refractivity contribution is -0.395. The highest BCUT2D eigenvalue weighted by atomic mass is 31.2. The minimum Gasteiger partial charge on any atom is -0.388 e. The lowest BCUT2D eigenvalue weighted by atomic mass is 10.1. The molecule has 0 bridgehead atoms. The number of nitrogens with zero attached hydrogens (tertiary/aromatic N) is 3. The molecule has 172 valence electrons. The topological polar surface area (TPSA) is 185 Å². The first-order chi connectivity index (χ1) is 14.5. The van der Waals surface area contributed by atoms with Crippen molar-refractivity contribution in [2.75, 3.05) is 0 Å². The van der Waals surface area contributed by atoms with Crippen molar-refractivity contribution in [3.8, 4) is 11.5 Å². The van der Waals surface area contributed by atoms with Gasteiger partial charge in [-0.25, -0.2) is 4.57 Å². The Balaban J connectivity index is 2.66. The SMILES string of the molecule is Cc1cc(C)c(OP(=O)(O)Oc2c([N+](=O)[O-])cc([N+](=O)[O-])cc2C(F)(F)F)c([N+](=O)[O-])c1. The average molecular weight is 481 g/mol. The minimum atomic E-state index is -5.73. The van der Waals surface area contributed by atoms with E-state index in [9.17, 15) is 53.0 Å². The minimum absolute atomic E-state index is 0.0659. The second kappa shape index (κ2) is 8.39. The third-order valence-corrected chi connectivity index (χ3v) is 4.60. The fourth-order valence-electron chi connectivity index (χ4n) is 2.58. The number of halogens is 3. The van der Waals surface area contributed by atoms with Gasteiger partial charge in [-0.05, 0) is 25.0 Å². The van der Waals surface area contributed by atoms with Gasteiger partial charge in [0.05, 0.1) is 20.8 Å². The molecule has 0 saturated heterocycles. The monoisotopic (exact) mass is 481 g/mol.